The van der Waals surface area contributed by atoms with Crippen molar-refractivity contribution in [2.75, 3.05) is 40.4 Å². The third-order valence-electron chi connectivity index (χ3n) is 6.21. The fourth-order valence-electron chi connectivity index (χ4n) is 4.39. The number of carbonyl (C=O) groups is 1. The van der Waals surface area contributed by atoms with E-state index in [0.29, 0.717) is 19.0 Å². The highest BCUT2D eigenvalue weighted by Crippen LogP contribution is 2.34. The molecule has 0 unspecified atom stereocenters. The summed E-state index contributed by atoms with van der Waals surface area (Å²) in [4.78, 5) is 18.0. The fraction of sp³-hybridized carbons (Fsp3) is 0.400. The van der Waals surface area contributed by atoms with E-state index in [9.17, 15) is 4.79 Å². The maximum atomic E-state index is 12.4. The number of benzene rings is 2. The number of hydrogen-bond acceptors (Lipinski definition) is 4. The maximum Gasteiger partial charge on any atom is 0.234 e. The Morgan fingerprint density at radius 3 is 2.48 bits per heavy atom. The standard InChI is InChI=1S/C25H31N3O3/c1-30-20-5-3-18(4-6-20)9-12-26-25(29)17-28-13-10-19(11-14-28)23-16-27-24-8-7-21(31-2)15-22(23)24/h3-8,15-16,19,27H,9-14,17H2,1-2H3,(H,26,29). The molecule has 1 fully saturated rings. The zero-order chi connectivity index (χ0) is 21.6. The van der Waals surface area contributed by atoms with Crippen LogP contribution in [0.5, 0.6) is 11.5 Å². The monoisotopic (exact) mass is 421 g/mol. The van der Waals surface area contributed by atoms with Gasteiger partial charge < -0.3 is 19.8 Å². The summed E-state index contributed by atoms with van der Waals surface area (Å²) < 4.78 is 10.6. The molecule has 1 aliphatic heterocycles. The Morgan fingerprint density at radius 2 is 1.77 bits per heavy atom. The third kappa shape index (κ3) is 5.20. The molecule has 0 spiro atoms. The van der Waals surface area contributed by atoms with Crippen molar-refractivity contribution in [3.05, 3.63) is 59.8 Å². The molecule has 1 amide bonds. The minimum absolute atomic E-state index is 0.101. The highest BCUT2D eigenvalue weighted by molar-refractivity contribution is 5.85. The van der Waals surface area contributed by atoms with Crippen molar-refractivity contribution >= 4 is 16.8 Å². The zero-order valence-electron chi connectivity index (χ0n) is 18.3. The van der Waals surface area contributed by atoms with Gasteiger partial charge in [-0.2, -0.15) is 0 Å². The summed E-state index contributed by atoms with van der Waals surface area (Å²) in [6.45, 7) is 3.00. The summed E-state index contributed by atoms with van der Waals surface area (Å²) in [5, 5.41) is 4.30. The van der Waals surface area contributed by atoms with Gasteiger partial charge >= 0.3 is 0 Å². The van der Waals surface area contributed by atoms with Crippen LogP contribution >= 0.6 is 0 Å². The molecule has 0 radical (unpaired) electrons. The number of fused-ring (bicyclic) bond motifs is 1. The molecule has 1 aromatic heterocycles. The number of ether oxygens (including phenoxy) is 2. The van der Waals surface area contributed by atoms with Gasteiger partial charge in [-0.05, 0) is 79.7 Å². The summed E-state index contributed by atoms with van der Waals surface area (Å²) in [5.74, 6) is 2.35. The highest BCUT2D eigenvalue weighted by atomic mass is 16.5. The molecular formula is C25H31N3O3. The molecule has 0 bridgehead atoms. The van der Waals surface area contributed by atoms with E-state index in [1.54, 1.807) is 14.2 Å². The number of rotatable bonds is 8. The fourth-order valence-corrected chi connectivity index (χ4v) is 4.39. The van der Waals surface area contributed by atoms with Crippen LogP contribution < -0.4 is 14.8 Å². The van der Waals surface area contributed by atoms with Crippen LogP contribution in [0.25, 0.3) is 10.9 Å². The number of amides is 1. The third-order valence-corrected chi connectivity index (χ3v) is 6.21. The van der Waals surface area contributed by atoms with Crippen LogP contribution in [0.1, 0.15) is 29.9 Å². The summed E-state index contributed by atoms with van der Waals surface area (Å²) in [5.41, 5.74) is 3.70. The Balaban J connectivity index is 1.23. The highest BCUT2D eigenvalue weighted by Gasteiger charge is 2.24. The lowest BCUT2D eigenvalue weighted by atomic mass is 9.89. The number of nitrogens with zero attached hydrogens (tertiary/aromatic N) is 1. The van der Waals surface area contributed by atoms with Crippen molar-refractivity contribution < 1.29 is 14.3 Å². The molecule has 164 valence electrons. The normalized spacial score (nSPS) is 15.2. The van der Waals surface area contributed by atoms with Crippen molar-refractivity contribution in [1.29, 1.82) is 0 Å². The molecule has 2 N–H and O–H groups in total. The average molecular weight is 422 g/mol. The SMILES string of the molecule is COc1ccc(CCNC(=O)CN2CCC(c3c[nH]c4ccc(OC)cc34)CC2)cc1. The van der Waals surface area contributed by atoms with E-state index in [0.717, 1.165) is 49.4 Å². The Hall–Kier alpha value is -2.99. The van der Waals surface area contributed by atoms with Crippen molar-refractivity contribution in [3.8, 4) is 11.5 Å². The van der Waals surface area contributed by atoms with Crippen LogP contribution in [0.4, 0.5) is 0 Å². The average Bonchev–Trinajstić information content (AvgIpc) is 3.23. The first-order chi connectivity index (χ1) is 15.2. The number of hydrogen-bond donors (Lipinski definition) is 2. The van der Waals surface area contributed by atoms with Gasteiger partial charge in [0.15, 0.2) is 0 Å². The molecule has 6 heteroatoms. The number of methoxy groups -OCH3 is 2. The van der Waals surface area contributed by atoms with Gasteiger partial charge in [0.2, 0.25) is 5.91 Å². The predicted octanol–water partition coefficient (Wildman–Crippen LogP) is 3.72. The number of nitrogens with one attached hydrogen (secondary N) is 2. The van der Waals surface area contributed by atoms with Gasteiger partial charge in [0.1, 0.15) is 11.5 Å². The molecule has 0 aliphatic carbocycles. The van der Waals surface area contributed by atoms with Crippen molar-refractivity contribution in [1.82, 2.24) is 15.2 Å². The topological polar surface area (TPSA) is 66.6 Å². The predicted molar refractivity (Wildman–Crippen MR) is 123 cm³/mol. The lowest BCUT2D eigenvalue weighted by molar-refractivity contribution is -0.122. The number of carbonyl (C=O) groups excluding carboxylic acids is 1. The van der Waals surface area contributed by atoms with Crippen LogP contribution in [-0.2, 0) is 11.2 Å². The van der Waals surface area contributed by atoms with E-state index in [2.05, 4.69) is 33.5 Å². The van der Waals surface area contributed by atoms with Crippen LogP contribution in [0.2, 0.25) is 0 Å². The number of piperidine rings is 1. The molecule has 3 aromatic rings. The van der Waals surface area contributed by atoms with E-state index >= 15 is 0 Å². The Labute approximate surface area is 183 Å². The van der Waals surface area contributed by atoms with Gasteiger partial charge in [0, 0.05) is 23.6 Å². The minimum Gasteiger partial charge on any atom is -0.497 e. The summed E-state index contributed by atoms with van der Waals surface area (Å²) in [7, 11) is 3.36. The van der Waals surface area contributed by atoms with Gasteiger partial charge in [-0.3, -0.25) is 9.69 Å². The lowest BCUT2D eigenvalue weighted by Crippen LogP contribution is -2.41. The van der Waals surface area contributed by atoms with Crippen molar-refractivity contribution in [2.24, 2.45) is 0 Å². The smallest absolute Gasteiger partial charge is 0.234 e. The second kappa shape index (κ2) is 9.88. The number of likely N-dealkylation sites (tertiary alicyclic amines) is 1. The van der Waals surface area contributed by atoms with E-state index in [1.165, 1.54) is 16.5 Å². The van der Waals surface area contributed by atoms with Crippen LogP contribution in [0, 0.1) is 0 Å². The molecule has 0 saturated carbocycles. The first kappa shape index (κ1) is 21.2. The van der Waals surface area contributed by atoms with E-state index in [1.807, 2.05) is 30.3 Å². The van der Waals surface area contributed by atoms with E-state index in [4.69, 9.17) is 9.47 Å². The number of aromatic amines is 1. The van der Waals surface area contributed by atoms with Gasteiger partial charge in [0.25, 0.3) is 0 Å². The van der Waals surface area contributed by atoms with Gasteiger partial charge in [-0.25, -0.2) is 0 Å². The summed E-state index contributed by atoms with van der Waals surface area (Å²) in [6, 6.07) is 14.1. The van der Waals surface area contributed by atoms with Gasteiger partial charge in [-0.15, -0.1) is 0 Å². The molecule has 31 heavy (non-hydrogen) atoms. The molecular weight excluding hydrogens is 390 g/mol. The van der Waals surface area contributed by atoms with Gasteiger partial charge in [0.05, 0.1) is 20.8 Å². The Morgan fingerprint density at radius 1 is 1.06 bits per heavy atom. The largest absolute Gasteiger partial charge is 0.497 e. The zero-order valence-corrected chi connectivity index (χ0v) is 18.3. The summed E-state index contributed by atoms with van der Waals surface area (Å²) >= 11 is 0. The second-order valence-electron chi connectivity index (χ2n) is 8.15. The minimum atomic E-state index is 0.101. The summed E-state index contributed by atoms with van der Waals surface area (Å²) in [6.07, 6.45) is 5.07. The van der Waals surface area contributed by atoms with Crippen LogP contribution in [-0.4, -0.2) is 56.2 Å². The molecule has 6 nitrogen and oxygen atoms in total. The lowest BCUT2D eigenvalue weighted by Gasteiger charge is -2.31. The van der Waals surface area contributed by atoms with Crippen LogP contribution in [0.3, 0.4) is 0 Å². The first-order valence-electron chi connectivity index (χ1n) is 10.9. The molecule has 1 saturated heterocycles. The van der Waals surface area contributed by atoms with Crippen LogP contribution in [0.15, 0.2) is 48.7 Å². The van der Waals surface area contributed by atoms with E-state index in [-0.39, 0.29) is 5.91 Å². The van der Waals surface area contributed by atoms with E-state index < -0.39 is 0 Å². The number of H-pyrrole nitrogens is 1. The molecule has 4 rings (SSSR count). The molecule has 2 aromatic carbocycles. The Kier molecular flexibility index (Phi) is 6.77. The quantitative estimate of drug-likeness (QED) is 0.582. The maximum absolute atomic E-state index is 12.4. The molecule has 1 aliphatic rings. The van der Waals surface area contributed by atoms with Gasteiger partial charge in [-0.1, -0.05) is 12.1 Å². The number of aromatic nitrogens is 1. The Bertz CT molecular complexity index is 1000. The first-order valence-corrected chi connectivity index (χ1v) is 10.9. The van der Waals surface area contributed by atoms with Crippen molar-refractivity contribution in [2.45, 2.75) is 25.2 Å². The second-order valence-corrected chi connectivity index (χ2v) is 8.15. The van der Waals surface area contributed by atoms with Crippen molar-refractivity contribution in [3.63, 3.8) is 0 Å². The molecule has 2 heterocycles. The molecule has 0 atom stereocenters.